The van der Waals surface area contributed by atoms with Crippen molar-refractivity contribution in [3.8, 4) is 11.3 Å². The van der Waals surface area contributed by atoms with Crippen LogP contribution in [0.15, 0.2) is 87.2 Å². The van der Waals surface area contributed by atoms with Gasteiger partial charge >= 0.3 is 11.9 Å². The molecule has 4 aromatic rings. The molecule has 13 heteroatoms. The predicted molar refractivity (Wildman–Crippen MR) is 168 cm³/mol. The molecule has 224 valence electrons. The van der Waals surface area contributed by atoms with Crippen LogP contribution in [-0.2, 0) is 9.47 Å². The summed E-state index contributed by atoms with van der Waals surface area (Å²) in [5.41, 5.74) is 6.86. The van der Waals surface area contributed by atoms with Gasteiger partial charge in [-0.2, -0.15) is 14.9 Å². The quantitative estimate of drug-likeness (QED) is 0.107. The summed E-state index contributed by atoms with van der Waals surface area (Å²) in [6.07, 6.45) is 9.12. The van der Waals surface area contributed by atoms with Crippen molar-refractivity contribution in [2.45, 2.75) is 20.3 Å². The highest BCUT2D eigenvalue weighted by Gasteiger charge is 2.17. The van der Waals surface area contributed by atoms with E-state index >= 15 is 0 Å². The highest BCUT2D eigenvalue weighted by Crippen LogP contribution is 2.31. The normalized spacial score (nSPS) is 12.9. The van der Waals surface area contributed by atoms with E-state index in [1.165, 1.54) is 17.2 Å². The molecule has 0 unspecified atom stereocenters. The van der Waals surface area contributed by atoms with Crippen LogP contribution in [0.2, 0.25) is 10.0 Å². The number of carbonyl (C=O) groups excluding carboxylic acids is 2. The number of furan rings is 1. The molecule has 1 N–H and O–H groups in total. The van der Waals surface area contributed by atoms with Crippen LogP contribution >= 0.6 is 23.2 Å². The molecule has 0 spiro atoms. The highest BCUT2D eigenvalue weighted by molar-refractivity contribution is 6.34. The molecular weight excluding hydrogens is 607 g/mol. The van der Waals surface area contributed by atoms with Gasteiger partial charge in [0, 0.05) is 5.56 Å². The van der Waals surface area contributed by atoms with Crippen molar-refractivity contribution in [3.63, 3.8) is 0 Å². The molecule has 5 rings (SSSR count). The average molecular weight is 633 g/mol. The number of carbonyl (C=O) groups is 2. The molecular formula is C31H26Cl2N6O5. The topological polar surface area (TPSA) is 133 Å². The van der Waals surface area contributed by atoms with E-state index < -0.39 is 11.9 Å². The summed E-state index contributed by atoms with van der Waals surface area (Å²) in [6, 6.07) is 13.8. The molecule has 1 aliphatic carbocycles. The van der Waals surface area contributed by atoms with Gasteiger partial charge in [-0.25, -0.2) is 15.0 Å². The maximum atomic E-state index is 12.2. The van der Waals surface area contributed by atoms with E-state index in [1.54, 1.807) is 62.5 Å². The molecule has 44 heavy (non-hydrogen) atoms. The van der Waals surface area contributed by atoms with Gasteiger partial charge in [-0.15, -0.1) is 10.2 Å². The maximum Gasteiger partial charge on any atom is 0.339 e. The molecule has 0 fully saturated rings. The van der Waals surface area contributed by atoms with Gasteiger partial charge in [0.2, 0.25) is 0 Å². The Morgan fingerprint density at radius 3 is 2.34 bits per heavy atom. The number of rotatable bonds is 11. The Hall–Kier alpha value is -5.00. The third-order valence-corrected chi connectivity index (χ3v) is 6.99. The van der Waals surface area contributed by atoms with Crippen LogP contribution in [0.3, 0.4) is 0 Å². The van der Waals surface area contributed by atoms with Crippen LogP contribution in [0.4, 0.5) is 5.95 Å². The zero-order valence-electron chi connectivity index (χ0n) is 23.7. The Morgan fingerprint density at radius 2 is 1.64 bits per heavy atom. The van der Waals surface area contributed by atoms with Crippen molar-refractivity contribution in [2.24, 2.45) is 10.2 Å². The summed E-state index contributed by atoms with van der Waals surface area (Å²) in [7, 11) is 0. The second kappa shape index (κ2) is 14.0. The van der Waals surface area contributed by atoms with Gasteiger partial charge in [-0.05, 0) is 79.4 Å². The first-order valence-corrected chi connectivity index (χ1v) is 14.3. The molecule has 0 bridgehead atoms. The Morgan fingerprint density at radius 1 is 0.955 bits per heavy atom. The van der Waals surface area contributed by atoms with E-state index in [2.05, 4.69) is 25.8 Å². The van der Waals surface area contributed by atoms with Gasteiger partial charge < -0.3 is 13.9 Å². The minimum absolute atomic E-state index is 0.244. The lowest BCUT2D eigenvalue weighted by molar-refractivity contribution is 0.0517. The first kappa shape index (κ1) is 30.5. The summed E-state index contributed by atoms with van der Waals surface area (Å²) in [5.74, 6) is 0.301. The fraction of sp³-hybridized carbons (Fsp3) is 0.161. The summed E-state index contributed by atoms with van der Waals surface area (Å²) in [6.45, 7) is 3.99. The minimum atomic E-state index is -0.504. The monoisotopic (exact) mass is 632 g/mol. The van der Waals surface area contributed by atoms with E-state index in [9.17, 15) is 9.59 Å². The minimum Gasteiger partial charge on any atom is -0.462 e. The Bertz CT molecular complexity index is 1820. The lowest BCUT2D eigenvalue weighted by Crippen LogP contribution is -2.06. The largest absolute Gasteiger partial charge is 0.462 e. The smallest absolute Gasteiger partial charge is 0.339 e. The number of allylic oxidation sites excluding steroid dienone is 4. The third kappa shape index (κ3) is 7.13. The van der Waals surface area contributed by atoms with Crippen LogP contribution in [0.1, 0.15) is 52.3 Å². The molecule has 2 aromatic carbocycles. The second-order valence-electron chi connectivity index (χ2n) is 9.26. The summed E-state index contributed by atoms with van der Waals surface area (Å²) >= 11 is 12.4. The molecule has 0 saturated carbocycles. The van der Waals surface area contributed by atoms with Crippen LogP contribution in [0.5, 0.6) is 0 Å². The SMILES string of the molecule is CCOC(=O)c1cc(C2=CC=C(/C=N/n3cnnc3N/N=C/c3ccc(-c4ccc(Cl)c(C(=O)OCC)c4)o3)C2)ccc1Cl. The van der Waals surface area contributed by atoms with Crippen LogP contribution in [0, 0.1) is 0 Å². The van der Waals surface area contributed by atoms with E-state index in [1.807, 2.05) is 18.2 Å². The number of hydrogen-bond acceptors (Lipinski definition) is 10. The van der Waals surface area contributed by atoms with Gasteiger partial charge in [0.25, 0.3) is 5.95 Å². The van der Waals surface area contributed by atoms with E-state index in [0.29, 0.717) is 39.1 Å². The predicted octanol–water partition coefficient (Wildman–Crippen LogP) is 6.89. The number of esters is 2. The summed E-state index contributed by atoms with van der Waals surface area (Å²) < 4.78 is 17.5. The fourth-order valence-corrected chi connectivity index (χ4v) is 4.61. The number of hydrogen-bond donors (Lipinski definition) is 1. The number of nitrogens with zero attached hydrogens (tertiary/aromatic N) is 5. The average Bonchev–Trinajstić information content (AvgIpc) is 3.79. The van der Waals surface area contributed by atoms with Crippen molar-refractivity contribution in [3.05, 3.63) is 105 Å². The van der Waals surface area contributed by atoms with E-state index in [4.69, 9.17) is 37.1 Å². The standard InChI is InChI=1S/C31H26Cl2N6O5/c1-3-42-29(40)24-14-21(7-10-26(24)32)20-6-5-19(13-20)16-36-39-18-35-38-31(39)37-34-17-23-9-12-28(44-23)22-8-11-27(33)25(15-22)30(41)43-4-2/h5-12,14-18H,3-4,13H2,1-2H3,(H,37,38)/b34-17+,36-16+. The van der Waals surface area contributed by atoms with Gasteiger partial charge in [-0.1, -0.05) is 41.4 Å². The van der Waals surface area contributed by atoms with Crippen LogP contribution < -0.4 is 5.43 Å². The summed E-state index contributed by atoms with van der Waals surface area (Å²) in [4.78, 5) is 24.4. The number of halogens is 2. The maximum absolute atomic E-state index is 12.2. The van der Waals surface area contributed by atoms with Crippen LogP contribution in [-0.4, -0.2) is 52.5 Å². The van der Waals surface area contributed by atoms with Crippen molar-refractivity contribution in [1.82, 2.24) is 14.9 Å². The molecule has 0 aliphatic heterocycles. The fourth-order valence-electron chi connectivity index (χ4n) is 4.22. The van der Waals surface area contributed by atoms with Crippen molar-refractivity contribution >= 4 is 59.1 Å². The molecule has 0 atom stereocenters. The van der Waals surface area contributed by atoms with E-state index in [-0.39, 0.29) is 24.7 Å². The van der Waals surface area contributed by atoms with Gasteiger partial charge in [0.15, 0.2) is 0 Å². The number of ether oxygens (including phenoxy) is 2. The Balaban J connectivity index is 1.19. The van der Waals surface area contributed by atoms with E-state index in [0.717, 1.165) is 16.7 Å². The lowest BCUT2D eigenvalue weighted by Gasteiger charge is -2.08. The molecule has 0 saturated heterocycles. The molecule has 2 aromatic heterocycles. The number of aromatic nitrogens is 3. The lowest BCUT2D eigenvalue weighted by atomic mass is 10.0. The molecule has 0 amide bonds. The first-order valence-electron chi connectivity index (χ1n) is 13.5. The Labute approximate surface area is 262 Å². The zero-order chi connectivity index (χ0) is 31.1. The van der Waals surface area contributed by atoms with Crippen molar-refractivity contribution in [2.75, 3.05) is 18.6 Å². The molecule has 0 radical (unpaired) electrons. The van der Waals surface area contributed by atoms with Crippen molar-refractivity contribution in [1.29, 1.82) is 0 Å². The van der Waals surface area contributed by atoms with Gasteiger partial charge in [0.1, 0.15) is 17.8 Å². The van der Waals surface area contributed by atoms with Gasteiger partial charge in [0.05, 0.1) is 46.8 Å². The van der Waals surface area contributed by atoms with Crippen molar-refractivity contribution < 1.29 is 23.5 Å². The third-order valence-electron chi connectivity index (χ3n) is 6.33. The zero-order valence-corrected chi connectivity index (χ0v) is 25.2. The first-order chi connectivity index (χ1) is 21.4. The number of hydrazone groups is 1. The second-order valence-corrected chi connectivity index (χ2v) is 10.1. The number of anilines is 1. The summed E-state index contributed by atoms with van der Waals surface area (Å²) in [5, 5.41) is 17.1. The number of benzene rings is 2. The molecule has 2 heterocycles. The molecule has 11 nitrogen and oxygen atoms in total. The highest BCUT2D eigenvalue weighted by atomic mass is 35.5. The van der Waals surface area contributed by atoms with Gasteiger partial charge in [-0.3, -0.25) is 0 Å². The number of nitrogens with one attached hydrogen (secondary N) is 1. The van der Waals surface area contributed by atoms with Crippen LogP contribution in [0.25, 0.3) is 16.9 Å². The molecule has 1 aliphatic rings. The Kier molecular flexibility index (Phi) is 9.68.